The standard InChI is InChI=1S/C13H22F2N4O2S/c1-17(10-12-16-8-9-19(12)13(14)15)22(20,21)18(2)11-6-4-3-5-7-11/h8-9,11,13H,3-7,10H2,1-2H3. The molecule has 1 aliphatic carbocycles. The van der Waals surface area contributed by atoms with Crippen molar-refractivity contribution < 1.29 is 17.2 Å². The Morgan fingerprint density at radius 2 is 1.95 bits per heavy atom. The number of halogens is 2. The van der Waals surface area contributed by atoms with Crippen molar-refractivity contribution in [2.75, 3.05) is 14.1 Å². The summed E-state index contributed by atoms with van der Waals surface area (Å²) in [6, 6.07) is -0.0176. The SMILES string of the molecule is CN(Cc1nccn1C(F)F)S(=O)(=O)N(C)C1CCCCC1. The van der Waals surface area contributed by atoms with Crippen molar-refractivity contribution in [3.63, 3.8) is 0 Å². The molecule has 1 aromatic rings. The molecule has 0 aliphatic heterocycles. The van der Waals surface area contributed by atoms with E-state index >= 15 is 0 Å². The van der Waals surface area contributed by atoms with Crippen LogP contribution in [0.4, 0.5) is 8.78 Å². The van der Waals surface area contributed by atoms with Crippen molar-refractivity contribution in [1.82, 2.24) is 18.2 Å². The number of imidazole rings is 1. The molecule has 0 atom stereocenters. The Kier molecular flexibility index (Phi) is 5.51. The second-order valence-electron chi connectivity index (χ2n) is 5.60. The Bertz CT molecular complexity index is 585. The Hall–Kier alpha value is -1.06. The maximum absolute atomic E-state index is 12.8. The molecule has 1 fully saturated rings. The van der Waals surface area contributed by atoms with Crippen LogP contribution in [-0.4, -0.2) is 46.7 Å². The zero-order valence-electron chi connectivity index (χ0n) is 12.8. The monoisotopic (exact) mass is 336 g/mol. The first-order chi connectivity index (χ1) is 10.3. The number of aromatic nitrogens is 2. The summed E-state index contributed by atoms with van der Waals surface area (Å²) >= 11 is 0. The molecule has 0 N–H and O–H groups in total. The van der Waals surface area contributed by atoms with Gasteiger partial charge in [-0.3, -0.25) is 4.57 Å². The summed E-state index contributed by atoms with van der Waals surface area (Å²) < 4.78 is 53.8. The lowest BCUT2D eigenvalue weighted by Crippen LogP contribution is -2.45. The first kappa shape index (κ1) is 17.3. The predicted octanol–water partition coefficient (Wildman–Crippen LogP) is 2.22. The fourth-order valence-electron chi connectivity index (χ4n) is 2.78. The highest BCUT2D eigenvalue weighted by atomic mass is 32.2. The van der Waals surface area contributed by atoms with Gasteiger partial charge in [-0.1, -0.05) is 19.3 Å². The maximum atomic E-state index is 12.8. The molecule has 0 radical (unpaired) electrons. The Morgan fingerprint density at radius 3 is 2.55 bits per heavy atom. The van der Waals surface area contributed by atoms with Crippen LogP contribution in [0.2, 0.25) is 0 Å². The molecular formula is C13H22F2N4O2S. The van der Waals surface area contributed by atoms with Crippen LogP contribution in [0.5, 0.6) is 0 Å². The number of alkyl halides is 2. The van der Waals surface area contributed by atoms with Crippen molar-refractivity contribution in [1.29, 1.82) is 0 Å². The van der Waals surface area contributed by atoms with Crippen molar-refractivity contribution in [3.05, 3.63) is 18.2 Å². The fraction of sp³-hybridized carbons (Fsp3) is 0.769. The molecule has 22 heavy (non-hydrogen) atoms. The lowest BCUT2D eigenvalue weighted by molar-refractivity contribution is 0.0657. The quantitative estimate of drug-likeness (QED) is 0.800. The first-order valence-electron chi connectivity index (χ1n) is 7.33. The van der Waals surface area contributed by atoms with Gasteiger partial charge in [0.05, 0.1) is 6.54 Å². The minimum atomic E-state index is -3.69. The van der Waals surface area contributed by atoms with Crippen LogP contribution in [0, 0.1) is 0 Å². The van der Waals surface area contributed by atoms with E-state index in [0.29, 0.717) is 4.57 Å². The van der Waals surface area contributed by atoms with Gasteiger partial charge < -0.3 is 0 Å². The smallest absolute Gasteiger partial charge is 0.277 e. The summed E-state index contributed by atoms with van der Waals surface area (Å²) in [6.07, 6.45) is 7.24. The summed E-state index contributed by atoms with van der Waals surface area (Å²) in [4.78, 5) is 3.82. The van der Waals surface area contributed by atoms with Crippen molar-refractivity contribution >= 4 is 10.2 Å². The van der Waals surface area contributed by atoms with E-state index < -0.39 is 16.8 Å². The van der Waals surface area contributed by atoms with Gasteiger partial charge in [-0.2, -0.15) is 25.8 Å². The number of hydrogen-bond acceptors (Lipinski definition) is 3. The van der Waals surface area contributed by atoms with Gasteiger partial charge in [-0.15, -0.1) is 0 Å². The topological polar surface area (TPSA) is 58.4 Å². The van der Waals surface area contributed by atoms with Gasteiger partial charge in [0.2, 0.25) is 0 Å². The van der Waals surface area contributed by atoms with Crippen LogP contribution in [0.3, 0.4) is 0 Å². The second-order valence-corrected chi connectivity index (χ2v) is 7.70. The summed E-state index contributed by atoms with van der Waals surface area (Å²) in [5.41, 5.74) is 0. The van der Waals surface area contributed by atoms with E-state index in [1.807, 2.05) is 0 Å². The molecule has 6 nitrogen and oxygen atoms in total. The molecule has 1 aliphatic rings. The summed E-state index contributed by atoms with van der Waals surface area (Å²) in [7, 11) is -0.744. The van der Waals surface area contributed by atoms with Crippen molar-refractivity contribution in [2.45, 2.75) is 51.2 Å². The molecule has 2 rings (SSSR count). The van der Waals surface area contributed by atoms with Gasteiger partial charge >= 0.3 is 6.55 Å². The zero-order valence-corrected chi connectivity index (χ0v) is 13.6. The Labute approximate surface area is 129 Å². The second kappa shape index (κ2) is 7.01. The van der Waals surface area contributed by atoms with Crippen LogP contribution in [0.15, 0.2) is 12.4 Å². The average Bonchev–Trinajstić information content (AvgIpc) is 2.95. The number of hydrogen-bond donors (Lipinski definition) is 0. The highest BCUT2D eigenvalue weighted by Gasteiger charge is 2.31. The average molecular weight is 336 g/mol. The Balaban J connectivity index is 2.09. The highest BCUT2D eigenvalue weighted by molar-refractivity contribution is 7.86. The maximum Gasteiger partial charge on any atom is 0.319 e. The van der Waals surface area contributed by atoms with E-state index in [9.17, 15) is 17.2 Å². The van der Waals surface area contributed by atoms with Crippen LogP contribution in [0.1, 0.15) is 44.5 Å². The summed E-state index contributed by atoms with van der Waals surface area (Å²) in [5, 5.41) is 0. The highest BCUT2D eigenvalue weighted by Crippen LogP contribution is 2.25. The molecule has 1 aromatic heterocycles. The fourth-order valence-corrected chi connectivity index (χ4v) is 4.08. The number of nitrogens with zero attached hydrogens (tertiary/aromatic N) is 4. The van der Waals surface area contributed by atoms with Crippen LogP contribution in [0.25, 0.3) is 0 Å². The molecule has 1 saturated carbocycles. The van der Waals surface area contributed by atoms with Gasteiger partial charge in [0, 0.05) is 32.5 Å². The van der Waals surface area contributed by atoms with Crippen LogP contribution in [-0.2, 0) is 16.8 Å². The normalized spacial score (nSPS) is 17.8. The predicted molar refractivity (Wildman–Crippen MR) is 78.5 cm³/mol. The van der Waals surface area contributed by atoms with Crippen LogP contribution < -0.4 is 0 Å². The van der Waals surface area contributed by atoms with E-state index in [0.717, 1.165) is 42.6 Å². The summed E-state index contributed by atoms with van der Waals surface area (Å²) in [6.45, 7) is -2.92. The minimum Gasteiger partial charge on any atom is -0.277 e. The van der Waals surface area contributed by atoms with Crippen molar-refractivity contribution in [3.8, 4) is 0 Å². The van der Waals surface area contributed by atoms with E-state index in [-0.39, 0.29) is 18.4 Å². The molecule has 0 aromatic carbocycles. The van der Waals surface area contributed by atoms with Gasteiger partial charge in [0.25, 0.3) is 10.2 Å². The molecule has 0 bridgehead atoms. The molecular weight excluding hydrogens is 314 g/mol. The van der Waals surface area contributed by atoms with Gasteiger partial charge in [-0.25, -0.2) is 4.98 Å². The lowest BCUT2D eigenvalue weighted by Gasteiger charge is -2.33. The van der Waals surface area contributed by atoms with Gasteiger partial charge in [0.15, 0.2) is 0 Å². The van der Waals surface area contributed by atoms with E-state index in [1.165, 1.54) is 17.5 Å². The molecule has 126 valence electrons. The van der Waals surface area contributed by atoms with Crippen molar-refractivity contribution in [2.24, 2.45) is 0 Å². The van der Waals surface area contributed by atoms with E-state index in [1.54, 1.807) is 7.05 Å². The Morgan fingerprint density at radius 1 is 1.32 bits per heavy atom. The largest absolute Gasteiger partial charge is 0.319 e. The minimum absolute atomic E-state index is 0.0176. The molecule has 0 saturated heterocycles. The van der Waals surface area contributed by atoms with Gasteiger partial charge in [0.1, 0.15) is 5.82 Å². The van der Waals surface area contributed by atoms with E-state index in [2.05, 4.69) is 4.98 Å². The van der Waals surface area contributed by atoms with Gasteiger partial charge in [-0.05, 0) is 12.8 Å². The molecule has 1 heterocycles. The molecule has 0 amide bonds. The van der Waals surface area contributed by atoms with E-state index in [4.69, 9.17) is 0 Å². The third-order valence-corrected chi connectivity index (χ3v) is 6.11. The third kappa shape index (κ3) is 3.64. The molecule has 0 spiro atoms. The summed E-state index contributed by atoms with van der Waals surface area (Å²) in [5.74, 6) is 0.0260. The zero-order chi connectivity index (χ0) is 16.3. The number of rotatable bonds is 6. The lowest BCUT2D eigenvalue weighted by atomic mass is 9.96. The first-order valence-corrected chi connectivity index (χ1v) is 8.73. The molecule has 9 heteroatoms. The molecule has 0 unspecified atom stereocenters. The van der Waals surface area contributed by atoms with Crippen LogP contribution >= 0.6 is 0 Å². The third-order valence-electron chi connectivity index (χ3n) is 4.17.